The Hall–Kier alpha value is -0.0400. The molecule has 0 bridgehead atoms. The van der Waals surface area contributed by atoms with Gasteiger partial charge in [-0.05, 0) is 38.1 Å². The summed E-state index contributed by atoms with van der Waals surface area (Å²) in [6.07, 6.45) is 4.17. The van der Waals surface area contributed by atoms with E-state index in [1.807, 2.05) is 0 Å². The molecule has 0 aromatic heterocycles. The maximum atomic E-state index is 3.37. The molecule has 1 aliphatic carbocycles. The third-order valence-electron chi connectivity index (χ3n) is 2.79. The van der Waals surface area contributed by atoms with Gasteiger partial charge in [0.05, 0.1) is 0 Å². The maximum absolute atomic E-state index is 3.37. The van der Waals surface area contributed by atoms with Gasteiger partial charge in [0.25, 0.3) is 0 Å². The lowest BCUT2D eigenvalue weighted by Gasteiger charge is -2.38. The van der Waals surface area contributed by atoms with Crippen LogP contribution in [0.5, 0.6) is 0 Å². The van der Waals surface area contributed by atoms with Gasteiger partial charge in [0.15, 0.2) is 0 Å². The Kier molecular flexibility index (Phi) is 2.72. The first kappa shape index (κ1) is 8.06. The second-order valence-electron chi connectivity index (χ2n) is 3.64. The lowest BCUT2D eigenvalue weighted by Crippen LogP contribution is -2.39. The van der Waals surface area contributed by atoms with Crippen LogP contribution >= 0.6 is 0 Å². The molecule has 1 saturated carbocycles. The zero-order valence-corrected chi connectivity index (χ0v) is 7.35. The molecular formula is C9H19N. The molecule has 10 heavy (non-hydrogen) atoms. The van der Waals surface area contributed by atoms with Crippen molar-refractivity contribution in [3.63, 3.8) is 0 Å². The summed E-state index contributed by atoms with van der Waals surface area (Å²) in [5.74, 6) is 1.97. The number of hydrogen-bond acceptors (Lipinski definition) is 1. The highest BCUT2D eigenvalue weighted by molar-refractivity contribution is 4.84. The zero-order chi connectivity index (χ0) is 7.56. The summed E-state index contributed by atoms with van der Waals surface area (Å²) < 4.78 is 0. The first-order valence-electron chi connectivity index (χ1n) is 4.45. The molecule has 0 aromatic rings. The van der Waals surface area contributed by atoms with Crippen LogP contribution in [0.25, 0.3) is 0 Å². The molecule has 0 heterocycles. The summed E-state index contributed by atoms with van der Waals surface area (Å²) in [5, 5.41) is 3.37. The number of rotatable bonds is 3. The molecule has 0 amide bonds. The van der Waals surface area contributed by atoms with Crippen LogP contribution in [0.15, 0.2) is 0 Å². The predicted octanol–water partition coefficient (Wildman–Crippen LogP) is 2.03. The Morgan fingerprint density at radius 2 is 2.10 bits per heavy atom. The van der Waals surface area contributed by atoms with Gasteiger partial charge in [0.2, 0.25) is 0 Å². The monoisotopic (exact) mass is 141 g/mol. The van der Waals surface area contributed by atoms with Gasteiger partial charge in [-0.1, -0.05) is 13.8 Å². The van der Waals surface area contributed by atoms with Crippen molar-refractivity contribution in [1.29, 1.82) is 0 Å². The molecular weight excluding hydrogens is 122 g/mol. The van der Waals surface area contributed by atoms with E-state index in [0.29, 0.717) is 0 Å². The molecule has 1 aliphatic rings. The molecule has 0 saturated heterocycles. The fraction of sp³-hybridized carbons (Fsp3) is 1.00. The second kappa shape index (κ2) is 3.38. The van der Waals surface area contributed by atoms with Crippen molar-refractivity contribution in [3.8, 4) is 0 Å². The maximum Gasteiger partial charge on any atom is 0.00899 e. The van der Waals surface area contributed by atoms with E-state index in [1.165, 1.54) is 19.3 Å². The van der Waals surface area contributed by atoms with E-state index in [1.54, 1.807) is 0 Å². The summed E-state index contributed by atoms with van der Waals surface area (Å²) in [6, 6.07) is 0.788. The smallest absolute Gasteiger partial charge is 0.00899 e. The Labute approximate surface area is 64.2 Å². The molecule has 1 rings (SSSR count). The van der Waals surface area contributed by atoms with Crippen LogP contribution in [-0.4, -0.2) is 13.1 Å². The van der Waals surface area contributed by atoms with Crippen LogP contribution in [0.2, 0.25) is 0 Å². The van der Waals surface area contributed by atoms with Crippen LogP contribution in [-0.2, 0) is 0 Å². The van der Waals surface area contributed by atoms with E-state index < -0.39 is 0 Å². The Balaban J connectivity index is 2.21. The summed E-state index contributed by atoms with van der Waals surface area (Å²) in [7, 11) is 2.08. The van der Waals surface area contributed by atoms with Gasteiger partial charge in [-0.15, -0.1) is 0 Å². The van der Waals surface area contributed by atoms with E-state index in [4.69, 9.17) is 0 Å². The second-order valence-corrected chi connectivity index (χ2v) is 3.64. The topological polar surface area (TPSA) is 12.0 Å². The summed E-state index contributed by atoms with van der Waals surface area (Å²) >= 11 is 0. The fourth-order valence-corrected chi connectivity index (χ4v) is 2.07. The van der Waals surface area contributed by atoms with E-state index >= 15 is 0 Å². The van der Waals surface area contributed by atoms with Crippen molar-refractivity contribution in [2.24, 2.45) is 11.8 Å². The van der Waals surface area contributed by atoms with Crippen molar-refractivity contribution >= 4 is 0 Å². The minimum absolute atomic E-state index is 0.788. The van der Waals surface area contributed by atoms with Gasteiger partial charge >= 0.3 is 0 Å². The Bertz CT molecular complexity index is 90.9. The van der Waals surface area contributed by atoms with Gasteiger partial charge in [0.1, 0.15) is 0 Å². The van der Waals surface area contributed by atoms with Crippen LogP contribution in [0.3, 0.4) is 0 Å². The summed E-state index contributed by atoms with van der Waals surface area (Å²) in [6.45, 7) is 4.61. The third kappa shape index (κ3) is 1.51. The lowest BCUT2D eigenvalue weighted by molar-refractivity contribution is 0.158. The quantitative estimate of drug-likeness (QED) is 0.634. The Morgan fingerprint density at radius 3 is 2.40 bits per heavy atom. The largest absolute Gasteiger partial charge is 0.317 e. The van der Waals surface area contributed by atoms with E-state index in [-0.39, 0.29) is 0 Å². The fourth-order valence-electron chi connectivity index (χ4n) is 2.07. The molecule has 0 aromatic carbocycles. The average molecular weight is 141 g/mol. The van der Waals surface area contributed by atoms with E-state index in [0.717, 1.165) is 17.9 Å². The van der Waals surface area contributed by atoms with E-state index in [2.05, 4.69) is 26.2 Å². The van der Waals surface area contributed by atoms with Crippen LogP contribution in [0.1, 0.15) is 33.1 Å². The third-order valence-corrected chi connectivity index (χ3v) is 2.79. The minimum atomic E-state index is 0.788. The Morgan fingerprint density at radius 1 is 1.50 bits per heavy atom. The van der Waals surface area contributed by atoms with Crippen molar-refractivity contribution in [1.82, 2.24) is 5.32 Å². The van der Waals surface area contributed by atoms with Gasteiger partial charge < -0.3 is 5.32 Å². The van der Waals surface area contributed by atoms with Gasteiger partial charge in [-0.25, -0.2) is 0 Å². The molecule has 1 nitrogen and oxygen atoms in total. The highest BCUT2D eigenvalue weighted by Crippen LogP contribution is 2.36. The van der Waals surface area contributed by atoms with Crippen LogP contribution in [0.4, 0.5) is 0 Å². The normalized spacial score (nSPS) is 35.1. The summed E-state index contributed by atoms with van der Waals surface area (Å²) in [4.78, 5) is 0. The number of nitrogens with one attached hydrogen (secondary N) is 1. The first-order valence-corrected chi connectivity index (χ1v) is 4.45. The summed E-state index contributed by atoms with van der Waals surface area (Å²) in [5.41, 5.74) is 0. The molecule has 1 fully saturated rings. The van der Waals surface area contributed by atoms with Crippen molar-refractivity contribution in [2.75, 3.05) is 7.05 Å². The minimum Gasteiger partial charge on any atom is -0.317 e. The standard InChI is InChI=1S/C9H19N/c1-4-9(10-3)8-5-7(2)6-8/h7-10H,4-6H2,1-3H3. The lowest BCUT2D eigenvalue weighted by atomic mass is 9.71. The van der Waals surface area contributed by atoms with E-state index in [9.17, 15) is 0 Å². The van der Waals surface area contributed by atoms with Crippen molar-refractivity contribution < 1.29 is 0 Å². The SMILES string of the molecule is CCC(NC)C1CC(C)C1. The highest BCUT2D eigenvalue weighted by Gasteiger charge is 2.30. The van der Waals surface area contributed by atoms with Crippen molar-refractivity contribution in [2.45, 2.75) is 39.2 Å². The zero-order valence-electron chi connectivity index (χ0n) is 7.35. The molecule has 1 N–H and O–H groups in total. The molecule has 1 atom stereocenters. The van der Waals surface area contributed by atoms with Crippen LogP contribution < -0.4 is 5.32 Å². The van der Waals surface area contributed by atoms with Gasteiger partial charge in [-0.2, -0.15) is 0 Å². The van der Waals surface area contributed by atoms with Gasteiger partial charge in [-0.3, -0.25) is 0 Å². The molecule has 1 heteroatoms. The van der Waals surface area contributed by atoms with Gasteiger partial charge in [0, 0.05) is 6.04 Å². The first-order chi connectivity index (χ1) is 4.77. The highest BCUT2D eigenvalue weighted by atomic mass is 14.9. The predicted molar refractivity (Wildman–Crippen MR) is 45.0 cm³/mol. The molecule has 0 spiro atoms. The van der Waals surface area contributed by atoms with Crippen LogP contribution in [0, 0.1) is 11.8 Å². The molecule has 1 unspecified atom stereocenters. The molecule has 0 radical (unpaired) electrons. The molecule has 60 valence electrons. The van der Waals surface area contributed by atoms with Crippen molar-refractivity contribution in [3.05, 3.63) is 0 Å². The number of hydrogen-bond donors (Lipinski definition) is 1. The average Bonchev–Trinajstić information content (AvgIpc) is 1.87. The molecule has 0 aliphatic heterocycles.